The number of carboxylic acids is 1. The number of thiocarbonyl (C=S) groups is 1. The molecule has 1 aliphatic rings. The minimum atomic E-state index is -1.17. The van der Waals surface area contributed by atoms with Crippen LogP contribution in [0.1, 0.15) is 28.4 Å². The molecule has 0 spiro atoms. The first-order valence-electron chi connectivity index (χ1n) is 12.3. The maximum atomic E-state index is 13.4. The van der Waals surface area contributed by atoms with Crippen LogP contribution in [0.5, 0.6) is 11.5 Å². The Labute approximate surface area is 254 Å². The number of carbonyl (C=O) groups is 4. The average Bonchev–Trinajstić information content (AvgIpc) is 2.92. The zero-order valence-electron chi connectivity index (χ0n) is 21.9. The Balaban J connectivity index is 1.59. The number of carbonyl (C=O) groups excluding carboxylic acids is 3. The van der Waals surface area contributed by atoms with Gasteiger partial charge in [0.1, 0.15) is 5.57 Å². The summed E-state index contributed by atoms with van der Waals surface area (Å²) < 4.78 is 12.1. The molecule has 0 aromatic heterocycles. The molecule has 0 bridgehead atoms. The van der Waals surface area contributed by atoms with Crippen LogP contribution >= 0.6 is 34.8 Å². The topological polar surface area (TPSA) is 134 Å². The first-order chi connectivity index (χ1) is 19.6. The molecule has 0 atom stereocenters. The molecule has 4 rings (SSSR count). The summed E-state index contributed by atoms with van der Waals surface area (Å²) in [6, 6.07) is 16.3. The molecular weight excluding hydrogens is 661 g/mol. The van der Waals surface area contributed by atoms with Gasteiger partial charge in [-0.15, -0.1) is 0 Å². The van der Waals surface area contributed by atoms with Gasteiger partial charge in [0, 0.05) is 5.69 Å². The van der Waals surface area contributed by atoms with Crippen LogP contribution in [-0.2, 0) is 14.4 Å². The van der Waals surface area contributed by atoms with Crippen LogP contribution in [0.15, 0.2) is 66.2 Å². The van der Waals surface area contributed by atoms with Crippen LogP contribution in [0.4, 0.5) is 11.4 Å². The molecule has 0 unspecified atom stereocenters. The molecular formula is C29H24IN3O7S. The molecule has 1 saturated heterocycles. The highest BCUT2D eigenvalue weighted by Gasteiger charge is 2.35. The lowest BCUT2D eigenvalue weighted by Crippen LogP contribution is -2.54. The molecule has 3 aromatic rings. The van der Waals surface area contributed by atoms with Crippen molar-refractivity contribution in [1.29, 1.82) is 0 Å². The van der Waals surface area contributed by atoms with Crippen molar-refractivity contribution in [2.24, 2.45) is 0 Å². The fourth-order valence-electron chi connectivity index (χ4n) is 3.88. The van der Waals surface area contributed by atoms with E-state index in [9.17, 15) is 24.3 Å². The third-order valence-corrected chi connectivity index (χ3v) is 6.86. The van der Waals surface area contributed by atoms with Crippen LogP contribution in [0, 0.1) is 10.5 Å². The van der Waals surface area contributed by atoms with E-state index in [2.05, 4.69) is 10.6 Å². The van der Waals surface area contributed by atoms with Crippen molar-refractivity contribution in [2.75, 3.05) is 23.4 Å². The number of halogens is 1. The summed E-state index contributed by atoms with van der Waals surface area (Å²) in [7, 11) is 0. The molecule has 3 N–H and O–H groups in total. The number of hydrogen-bond acceptors (Lipinski definition) is 7. The summed E-state index contributed by atoms with van der Waals surface area (Å²) in [5.41, 5.74) is 2.11. The SMILES string of the molecule is CCOc1cc(C=C2C(=O)NC(=S)N(c3cccc(C(=O)O)c3)C2=O)cc(I)c1OCC(=O)Nc1ccc(C)cc1. The van der Waals surface area contributed by atoms with Gasteiger partial charge >= 0.3 is 5.97 Å². The second-order valence-corrected chi connectivity index (χ2v) is 10.3. The summed E-state index contributed by atoms with van der Waals surface area (Å²) in [6.45, 7) is 3.76. The zero-order valence-corrected chi connectivity index (χ0v) is 24.9. The summed E-state index contributed by atoms with van der Waals surface area (Å²) >= 11 is 7.23. The molecule has 12 heteroatoms. The van der Waals surface area contributed by atoms with E-state index in [4.69, 9.17) is 21.7 Å². The number of rotatable bonds is 9. The Morgan fingerprint density at radius 2 is 1.83 bits per heavy atom. The van der Waals surface area contributed by atoms with E-state index in [1.54, 1.807) is 31.2 Å². The fraction of sp³-hybridized carbons (Fsp3) is 0.138. The molecule has 3 aromatic carbocycles. The van der Waals surface area contributed by atoms with Crippen molar-refractivity contribution < 1.29 is 33.8 Å². The lowest BCUT2D eigenvalue weighted by atomic mass is 10.1. The number of aryl methyl sites for hydroxylation is 1. The Kier molecular flexibility index (Phi) is 9.35. The third kappa shape index (κ3) is 7.08. The number of nitrogens with one attached hydrogen (secondary N) is 2. The molecule has 1 fully saturated rings. The van der Waals surface area contributed by atoms with E-state index in [0.717, 1.165) is 10.5 Å². The van der Waals surface area contributed by atoms with E-state index in [-0.39, 0.29) is 34.5 Å². The molecule has 3 amide bonds. The van der Waals surface area contributed by atoms with Gasteiger partial charge in [-0.2, -0.15) is 0 Å². The van der Waals surface area contributed by atoms with Crippen molar-refractivity contribution in [3.05, 3.63) is 86.5 Å². The van der Waals surface area contributed by atoms with Crippen LogP contribution in [0.3, 0.4) is 0 Å². The van der Waals surface area contributed by atoms with Crippen LogP contribution < -0.4 is 25.0 Å². The van der Waals surface area contributed by atoms with Gasteiger partial charge in [0.05, 0.1) is 21.4 Å². The minimum Gasteiger partial charge on any atom is -0.490 e. The minimum absolute atomic E-state index is 0.0421. The lowest BCUT2D eigenvalue weighted by molar-refractivity contribution is -0.122. The van der Waals surface area contributed by atoms with Crippen molar-refractivity contribution in [3.63, 3.8) is 0 Å². The first kappa shape index (κ1) is 29.7. The van der Waals surface area contributed by atoms with Crippen molar-refractivity contribution in [2.45, 2.75) is 13.8 Å². The molecule has 0 saturated carbocycles. The van der Waals surface area contributed by atoms with Gasteiger partial charge in [-0.05, 0) is 103 Å². The van der Waals surface area contributed by atoms with Gasteiger partial charge in [-0.3, -0.25) is 24.6 Å². The second-order valence-electron chi connectivity index (χ2n) is 8.78. The first-order valence-corrected chi connectivity index (χ1v) is 13.8. The van der Waals surface area contributed by atoms with E-state index < -0.39 is 17.8 Å². The summed E-state index contributed by atoms with van der Waals surface area (Å²) in [5.74, 6) is -2.30. The standard InChI is InChI=1S/C29H24IN3O7S/c1-3-39-23-13-17(12-22(30)25(23)40-15-24(34)31-19-9-7-16(2)8-10-19)11-21-26(35)32-29(41)33(27(21)36)20-6-4-5-18(14-20)28(37)38/h4-14H,3,15H2,1-2H3,(H,31,34)(H,37,38)(H,32,35,41). The highest BCUT2D eigenvalue weighted by molar-refractivity contribution is 14.1. The van der Waals surface area contributed by atoms with E-state index in [1.807, 2.05) is 41.6 Å². The van der Waals surface area contributed by atoms with Crippen LogP contribution in [0.25, 0.3) is 6.08 Å². The monoisotopic (exact) mass is 685 g/mol. The summed E-state index contributed by atoms with van der Waals surface area (Å²) in [6.07, 6.45) is 1.38. The van der Waals surface area contributed by atoms with Crippen molar-refractivity contribution in [3.8, 4) is 11.5 Å². The fourth-order valence-corrected chi connectivity index (χ4v) is 4.94. The van der Waals surface area contributed by atoms with Crippen LogP contribution in [0.2, 0.25) is 0 Å². The lowest BCUT2D eigenvalue weighted by Gasteiger charge is -2.29. The number of benzene rings is 3. The van der Waals surface area contributed by atoms with E-state index in [0.29, 0.717) is 32.9 Å². The van der Waals surface area contributed by atoms with E-state index >= 15 is 0 Å². The highest BCUT2D eigenvalue weighted by Crippen LogP contribution is 2.35. The highest BCUT2D eigenvalue weighted by atomic mass is 127. The number of amides is 3. The predicted octanol–water partition coefficient (Wildman–Crippen LogP) is 4.55. The van der Waals surface area contributed by atoms with Crippen LogP contribution in [-0.4, -0.2) is 47.1 Å². The third-order valence-electron chi connectivity index (χ3n) is 5.78. The Morgan fingerprint density at radius 3 is 2.51 bits per heavy atom. The maximum Gasteiger partial charge on any atom is 0.335 e. The largest absolute Gasteiger partial charge is 0.490 e. The second kappa shape index (κ2) is 12.9. The van der Waals surface area contributed by atoms with Crippen molar-refractivity contribution >= 4 is 81.1 Å². The van der Waals surface area contributed by atoms with Gasteiger partial charge in [0.2, 0.25) is 0 Å². The number of anilines is 2. The predicted molar refractivity (Wildman–Crippen MR) is 165 cm³/mol. The number of aromatic carboxylic acids is 1. The van der Waals surface area contributed by atoms with Gasteiger partial charge in [0.25, 0.3) is 17.7 Å². The number of hydrogen-bond donors (Lipinski definition) is 3. The van der Waals surface area contributed by atoms with Gasteiger partial charge in [0.15, 0.2) is 23.2 Å². The molecule has 0 aliphatic carbocycles. The van der Waals surface area contributed by atoms with Gasteiger partial charge in [-0.25, -0.2) is 4.79 Å². The Bertz CT molecular complexity index is 1590. The maximum absolute atomic E-state index is 13.4. The Morgan fingerprint density at radius 1 is 1.10 bits per heavy atom. The Hall–Kier alpha value is -4.30. The molecule has 0 radical (unpaired) electrons. The zero-order chi connectivity index (χ0) is 29.7. The van der Waals surface area contributed by atoms with Crippen molar-refractivity contribution in [1.82, 2.24) is 5.32 Å². The number of nitrogens with zero attached hydrogens (tertiary/aromatic N) is 1. The number of carboxylic acid groups (broad SMARTS) is 1. The molecule has 41 heavy (non-hydrogen) atoms. The smallest absolute Gasteiger partial charge is 0.335 e. The molecule has 210 valence electrons. The average molecular weight is 685 g/mol. The molecule has 10 nitrogen and oxygen atoms in total. The van der Waals surface area contributed by atoms with E-state index in [1.165, 1.54) is 30.3 Å². The van der Waals surface area contributed by atoms with Gasteiger partial charge in [-0.1, -0.05) is 23.8 Å². The summed E-state index contributed by atoms with van der Waals surface area (Å²) in [4.78, 5) is 51.1. The summed E-state index contributed by atoms with van der Waals surface area (Å²) in [5, 5.41) is 14.4. The molecule has 1 heterocycles. The molecule has 1 aliphatic heterocycles. The quantitative estimate of drug-likeness (QED) is 0.129. The normalized spacial score (nSPS) is 14.1. The van der Waals surface area contributed by atoms with Gasteiger partial charge < -0.3 is 19.9 Å². The number of ether oxygens (including phenoxy) is 2.